The average molecular weight is 351 g/mol. The van der Waals surface area contributed by atoms with E-state index in [4.69, 9.17) is 4.18 Å². The Bertz CT molecular complexity index is 924. The van der Waals surface area contributed by atoms with E-state index in [-0.39, 0.29) is 11.4 Å². The summed E-state index contributed by atoms with van der Waals surface area (Å²) >= 11 is 1.14. The van der Waals surface area contributed by atoms with Crippen molar-refractivity contribution in [2.75, 3.05) is 0 Å². The minimum absolute atomic E-state index is 0.0400. The van der Waals surface area contributed by atoms with Crippen molar-refractivity contribution in [3.8, 4) is 16.9 Å². The van der Waals surface area contributed by atoms with Gasteiger partial charge in [-0.15, -0.1) is 0 Å². The maximum absolute atomic E-state index is 11.5. The molecule has 0 unspecified atom stereocenters. The van der Waals surface area contributed by atoms with Crippen LogP contribution in [0.15, 0.2) is 71.6 Å². The first-order valence-corrected chi connectivity index (χ1v) is 8.55. The molecule has 0 atom stereocenters. The van der Waals surface area contributed by atoms with Crippen molar-refractivity contribution in [1.29, 1.82) is 0 Å². The summed E-state index contributed by atoms with van der Waals surface area (Å²) in [7, 11) is 0. The zero-order valence-corrected chi connectivity index (χ0v) is 14.7. The number of nitrogens with zero attached hydrogens (tertiary/aromatic N) is 1. The highest BCUT2D eigenvalue weighted by atomic mass is 32.2. The molecule has 0 bridgehead atoms. The second-order valence-electron chi connectivity index (χ2n) is 5.66. The maximum Gasteiger partial charge on any atom is 0.313 e. The summed E-state index contributed by atoms with van der Waals surface area (Å²) in [5.74, 6) is 0.273. The summed E-state index contributed by atoms with van der Waals surface area (Å²) in [6, 6.07) is 20.6. The molecule has 0 aliphatic rings. The van der Waals surface area contributed by atoms with Crippen molar-refractivity contribution < 1.29 is 9.11 Å². The van der Waals surface area contributed by atoms with Crippen molar-refractivity contribution in [2.45, 2.75) is 18.7 Å². The van der Waals surface area contributed by atoms with E-state index in [1.165, 1.54) is 6.07 Å². The minimum atomic E-state index is -0.407. The highest BCUT2D eigenvalue weighted by Gasteiger charge is 2.22. The molecule has 0 saturated heterocycles. The van der Waals surface area contributed by atoms with Crippen LogP contribution in [0.25, 0.3) is 11.1 Å². The van der Waals surface area contributed by atoms with Gasteiger partial charge in [0.05, 0.1) is 21.9 Å². The van der Waals surface area contributed by atoms with Gasteiger partial charge in [0.1, 0.15) is 0 Å². The Morgan fingerprint density at radius 1 is 0.840 bits per heavy atom. The molecule has 0 N–H and O–H groups in total. The highest BCUT2D eigenvalue weighted by Crippen LogP contribution is 2.42. The molecule has 0 spiro atoms. The molecule has 3 rings (SSSR count). The van der Waals surface area contributed by atoms with Gasteiger partial charge in [0, 0.05) is 11.6 Å². The third kappa shape index (κ3) is 3.67. The second kappa shape index (κ2) is 7.40. The molecule has 0 saturated carbocycles. The Hall–Kier alpha value is -2.79. The molecule has 3 aromatic rings. The zero-order valence-electron chi connectivity index (χ0n) is 13.9. The number of benzene rings is 3. The first-order valence-electron chi connectivity index (χ1n) is 7.81. The van der Waals surface area contributed by atoms with Crippen LogP contribution < -0.4 is 4.18 Å². The molecule has 0 radical (unpaired) electrons. The number of rotatable bonds is 5. The SMILES string of the molecule is Cc1ccccc1SOc1c(-c2ccccc2C)cccc1[N+](=O)[O-]. The largest absolute Gasteiger partial charge is 0.413 e. The average Bonchev–Trinajstić information content (AvgIpc) is 2.61. The van der Waals surface area contributed by atoms with Gasteiger partial charge >= 0.3 is 5.69 Å². The summed E-state index contributed by atoms with van der Waals surface area (Å²) < 4.78 is 5.88. The molecule has 0 amide bonds. The van der Waals surface area contributed by atoms with Crippen LogP contribution in [0, 0.1) is 24.0 Å². The normalized spacial score (nSPS) is 10.5. The molecule has 5 heteroatoms. The van der Waals surface area contributed by atoms with Gasteiger partial charge in [0.25, 0.3) is 0 Å². The molecule has 0 heterocycles. The van der Waals surface area contributed by atoms with Gasteiger partial charge in [-0.25, -0.2) is 0 Å². The fourth-order valence-electron chi connectivity index (χ4n) is 2.58. The van der Waals surface area contributed by atoms with Crippen LogP contribution in [-0.4, -0.2) is 4.92 Å². The number of nitro groups is 1. The van der Waals surface area contributed by atoms with Crippen LogP contribution in [0.5, 0.6) is 5.75 Å². The van der Waals surface area contributed by atoms with E-state index in [0.717, 1.165) is 33.6 Å². The molecule has 0 aromatic heterocycles. The van der Waals surface area contributed by atoms with Crippen LogP contribution in [-0.2, 0) is 0 Å². The standard InChI is InChI=1S/C20H17NO3S/c1-14-8-3-5-10-16(14)17-11-7-12-18(21(22)23)20(17)24-25-19-13-6-4-9-15(19)2/h3-13H,1-2H3. The van der Waals surface area contributed by atoms with Crippen molar-refractivity contribution in [1.82, 2.24) is 0 Å². The highest BCUT2D eigenvalue weighted by molar-refractivity contribution is 7.95. The van der Waals surface area contributed by atoms with Crippen molar-refractivity contribution in [2.24, 2.45) is 0 Å². The lowest BCUT2D eigenvalue weighted by atomic mass is 9.99. The Balaban J connectivity index is 2.05. The lowest BCUT2D eigenvalue weighted by Gasteiger charge is -2.13. The topological polar surface area (TPSA) is 52.4 Å². The van der Waals surface area contributed by atoms with E-state index in [9.17, 15) is 10.1 Å². The molecule has 0 aliphatic carbocycles. The molecule has 126 valence electrons. The number of hydrogen-bond acceptors (Lipinski definition) is 4. The van der Waals surface area contributed by atoms with Crippen LogP contribution >= 0.6 is 12.0 Å². The summed E-state index contributed by atoms with van der Waals surface area (Å²) in [5, 5.41) is 11.5. The number of aryl methyl sites for hydroxylation is 2. The predicted molar refractivity (Wildman–Crippen MR) is 101 cm³/mol. The van der Waals surface area contributed by atoms with Gasteiger partial charge in [-0.05, 0) is 36.6 Å². The van der Waals surface area contributed by atoms with E-state index in [1.54, 1.807) is 6.07 Å². The van der Waals surface area contributed by atoms with E-state index in [2.05, 4.69) is 0 Å². The van der Waals surface area contributed by atoms with Crippen molar-refractivity contribution in [3.05, 3.63) is 88.0 Å². The monoisotopic (exact) mass is 351 g/mol. The molecule has 0 aliphatic heterocycles. The Morgan fingerprint density at radius 2 is 1.48 bits per heavy atom. The van der Waals surface area contributed by atoms with E-state index in [1.807, 2.05) is 68.4 Å². The van der Waals surface area contributed by atoms with Gasteiger partial charge in [0.2, 0.25) is 5.75 Å². The molecule has 4 nitrogen and oxygen atoms in total. The fraction of sp³-hybridized carbons (Fsp3) is 0.100. The lowest BCUT2D eigenvalue weighted by molar-refractivity contribution is -0.385. The molecular weight excluding hydrogens is 334 g/mol. The summed E-state index contributed by atoms with van der Waals surface area (Å²) in [6.45, 7) is 3.96. The summed E-state index contributed by atoms with van der Waals surface area (Å²) in [6.07, 6.45) is 0. The van der Waals surface area contributed by atoms with Crippen molar-refractivity contribution in [3.63, 3.8) is 0 Å². The first-order chi connectivity index (χ1) is 12.1. The van der Waals surface area contributed by atoms with E-state index >= 15 is 0 Å². The second-order valence-corrected chi connectivity index (χ2v) is 6.43. The number of hydrogen-bond donors (Lipinski definition) is 0. The number of nitro benzene ring substituents is 1. The van der Waals surface area contributed by atoms with E-state index < -0.39 is 4.92 Å². The third-order valence-electron chi connectivity index (χ3n) is 3.93. The molecule has 3 aromatic carbocycles. The van der Waals surface area contributed by atoms with Crippen LogP contribution in [0.4, 0.5) is 5.69 Å². The summed E-state index contributed by atoms with van der Waals surface area (Å²) in [5.41, 5.74) is 3.69. The molecular formula is C20H17NO3S. The predicted octanol–water partition coefficient (Wildman–Crippen LogP) is 5.96. The summed E-state index contributed by atoms with van der Waals surface area (Å²) in [4.78, 5) is 12.0. The maximum atomic E-state index is 11.5. The number of para-hydroxylation sites is 1. The zero-order chi connectivity index (χ0) is 17.8. The minimum Gasteiger partial charge on any atom is -0.413 e. The smallest absolute Gasteiger partial charge is 0.313 e. The van der Waals surface area contributed by atoms with Gasteiger partial charge < -0.3 is 4.18 Å². The van der Waals surface area contributed by atoms with Crippen LogP contribution in [0.1, 0.15) is 11.1 Å². The van der Waals surface area contributed by atoms with Gasteiger partial charge in [0.15, 0.2) is 0 Å². The molecule has 25 heavy (non-hydrogen) atoms. The van der Waals surface area contributed by atoms with Gasteiger partial charge in [-0.1, -0.05) is 54.6 Å². The lowest BCUT2D eigenvalue weighted by Crippen LogP contribution is -1.96. The van der Waals surface area contributed by atoms with Gasteiger partial charge in [-0.2, -0.15) is 0 Å². The van der Waals surface area contributed by atoms with Gasteiger partial charge in [-0.3, -0.25) is 10.1 Å². The molecule has 0 fully saturated rings. The third-order valence-corrected chi connectivity index (χ3v) is 4.82. The van der Waals surface area contributed by atoms with Crippen LogP contribution in [0.3, 0.4) is 0 Å². The van der Waals surface area contributed by atoms with Crippen molar-refractivity contribution >= 4 is 17.7 Å². The van der Waals surface area contributed by atoms with Crippen LogP contribution in [0.2, 0.25) is 0 Å². The van der Waals surface area contributed by atoms with E-state index in [0.29, 0.717) is 5.56 Å². The Kier molecular flexibility index (Phi) is 5.05. The Labute approximate surface area is 150 Å². The Morgan fingerprint density at radius 3 is 2.16 bits per heavy atom. The fourth-order valence-corrected chi connectivity index (χ4v) is 3.26. The quantitative estimate of drug-likeness (QED) is 0.323. The first kappa shape index (κ1) is 17.0.